The van der Waals surface area contributed by atoms with Gasteiger partial charge in [0.05, 0.1) is 22.4 Å². The molecule has 8 nitrogen and oxygen atoms in total. The monoisotopic (exact) mass is 445 g/mol. The minimum absolute atomic E-state index is 0.0994. The van der Waals surface area contributed by atoms with E-state index < -0.39 is 12.0 Å². The average Bonchev–Trinajstić information content (AvgIpc) is 3.24. The summed E-state index contributed by atoms with van der Waals surface area (Å²) >= 11 is 3.52. The Hall–Kier alpha value is -2.94. The number of carboxylic acid groups (broad SMARTS) is 1. The number of aromatic nitrogens is 4. The highest BCUT2D eigenvalue weighted by Crippen LogP contribution is 2.21. The first-order valence-corrected chi connectivity index (χ1v) is 9.43. The van der Waals surface area contributed by atoms with Crippen LogP contribution in [0.15, 0.2) is 41.0 Å². The molecule has 0 bridgehead atoms. The van der Waals surface area contributed by atoms with Gasteiger partial charge >= 0.3 is 5.97 Å². The lowest BCUT2D eigenvalue weighted by Crippen LogP contribution is -2.24. The van der Waals surface area contributed by atoms with Crippen molar-refractivity contribution < 1.29 is 14.7 Å². The van der Waals surface area contributed by atoms with Crippen molar-refractivity contribution in [3.63, 3.8) is 0 Å². The van der Waals surface area contributed by atoms with Crippen molar-refractivity contribution in [3.8, 4) is 0 Å². The number of hydrogen-bond acceptors (Lipinski definition) is 4. The number of nitrogens with zero attached hydrogens (tertiary/aromatic N) is 4. The maximum Gasteiger partial charge on any atom is 0.356 e. The van der Waals surface area contributed by atoms with Gasteiger partial charge in [-0.3, -0.25) is 14.2 Å². The first kappa shape index (κ1) is 19.8. The quantitative estimate of drug-likeness (QED) is 0.605. The molecule has 1 amide bonds. The number of carbonyl (C=O) groups is 2. The normalized spacial score (nSPS) is 12.0. The van der Waals surface area contributed by atoms with Crippen LogP contribution in [0.3, 0.4) is 0 Å². The minimum Gasteiger partial charge on any atom is -0.476 e. The lowest BCUT2D eigenvalue weighted by molar-refractivity contribution is -0.119. The SMILES string of the molecule is Cc1nn(Cc2cccc(NC(=O)C(C)n3ccc(C(=O)O)n3)c2)c(C)c1Br. The maximum absolute atomic E-state index is 12.5. The highest BCUT2D eigenvalue weighted by atomic mass is 79.9. The summed E-state index contributed by atoms with van der Waals surface area (Å²) < 4.78 is 4.22. The van der Waals surface area contributed by atoms with Gasteiger partial charge in [0.25, 0.3) is 0 Å². The Morgan fingerprint density at radius 3 is 2.61 bits per heavy atom. The fraction of sp³-hybridized carbons (Fsp3) is 0.263. The molecule has 146 valence electrons. The van der Waals surface area contributed by atoms with Crippen LogP contribution >= 0.6 is 15.9 Å². The molecule has 0 fully saturated rings. The van der Waals surface area contributed by atoms with E-state index >= 15 is 0 Å². The van der Waals surface area contributed by atoms with Gasteiger partial charge in [-0.25, -0.2) is 4.79 Å². The van der Waals surface area contributed by atoms with Gasteiger partial charge in [-0.1, -0.05) is 12.1 Å². The van der Waals surface area contributed by atoms with E-state index in [2.05, 4.69) is 31.4 Å². The zero-order valence-electron chi connectivity index (χ0n) is 15.7. The van der Waals surface area contributed by atoms with Crippen LogP contribution < -0.4 is 5.32 Å². The zero-order valence-corrected chi connectivity index (χ0v) is 17.3. The molecular formula is C19H20BrN5O3. The molecule has 3 aromatic rings. The van der Waals surface area contributed by atoms with Gasteiger partial charge in [-0.05, 0) is 60.5 Å². The number of carboxylic acids is 1. The number of hydrogen-bond donors (Lipinski definition) is 2. The fourth-order valence-corrected chi connectivity index (χ4v) is 3.07. The van der Waals surface area contributed by atoms with Crippen LogP contribution in [0.5, 0.6) is 0 Å². The Bertz CT molecular complexity index is 1040. The van der Waals surface area contributed by atoms with Gasteiger partial charge in [0.1, 0.15) is 6.04 Å². The van der Waals surface area contributed by atoms with Crippen molar-refractivity contribution in [1.82, 2.24) is 19.6 Å². The summed E-state index contributed by atoms with van der Waals surface area (Å²) in [6.45, 7) is 6.17. The van der Waals surface area contributed by atoms with E-state index in [1.165, 1.54) is 16.9 Å². The molecule has 2 aromatic heterocycles. The Balaban J connectivity index is 1.72. The number of nitrogens with one attached hydrogen (secondary N) is 1. The van der Waals surface area contributed by atoms with E-state index in [1.54, 1.807) is 13.0 Å². The smallest absolute Gasteiger partial charge is 0.356 e. The highest BCUT2D eigenvalue weighted by molar-refractivity contribution is 9.10. The molecule has 0 spiro atoms. The number of halogens is 1. The van der Waals surface area contributed by atoms with Crippen LogP contribution in [0.2, 0.25) is 0 Å². The Morgan fingerprint density at radius 1 is 1.25 bits per heavy atom. The number of benzene rings is 1. The van der Waals surface area contributed by atoms with Gasteiger partial charge in [0.15, 0.2) is 5.69 Å². The van der Waals surface area contributed by atoms with Crippen molar-refractivity contribution in [2.75, 3.05) is 5.32 Å². The van der Waals surface area contributed by atoms with E-state index in [0.717, 1.165) is 21.4 Å². The second-order valence-corrected chi connectivity index (χ2v) is 7.29. The van der Waals surface area contributed by atoms with Crippen LogP contribution in [0.4, 0.5) is 5.69 Å². The largest absolute Gasteiger partial charge is 0.476 e. The standard InChI is InChI=1S/C19H20BrN5O3/c1-11-17(20)12(2)25(22-11)10-14-5-4-6-15(9-14)21-18(26)13(3)24-8-7-16(23-24)19(27)28/h4-9,13H,10H2,1-3H3,(H,21,26)(H,27,28). The average molecular weight is 446 g/mol. The number of aromatic carboxylic acids is 1. The first-order valence-electron chi connectivity index (χ1n) is 8.64. The predicted molar refractivity (Wildman–Crippen MR) is 107 cm³/mol. The van der Waals surface area contributed by atoms with E-state index in [4.69, 9.17) is 5.11 Å². The molecule has 1 unspecified atom stereocenters. The molecule has 2 N–H and O–H groups in total. The van der Waals surface area contributed by atoms with Crippen molar-refractivity contribution in [2.24, 2.45) is 0 Å². The van der Waals surface area contributed by atoms with E-state index in [9.17, 15) is 9.59 Å². The molecule has 0 saturated heterocycles. The van der Waals surface area contributed by atoms with E-state index in [0.29, 0.717) is 12.2 Å². The number of carbonyl (C=O) groups excluding carboxylic acids is 1. The maximum atomic E-state index is 12.5. The number of anilines is 1. The second kappa shape index (κ2) is 7.97. The third-order valence-electron chi connectivity index (χ3n) is 4.42. The third kappa shape index (κ3) is 4.14. The van der Waals surface area contributed by atoms with Crippen LogP contribution in [0, 0.1) is 13.8 Å². The van der Waals surface area contributed by atoms with Gasteiger partial charge in [0, 0.05) is 11.9 Å². The summed E-state index contributed by atoms with van der Waals surface area (Å²) in [5.74, 6) is -1.42. The summed E-state index contributed by atoms with van der Waals surface area (Å²) in [5, 5.41) is 20.2. The lowest BCUT2D eigenvalue weighted by Gasteiger charge is -2.13. The Labute approximate surface area is 170 Å². The summed E-state index contributed by atoms with van der Waals surface area (Å²) in [4.78, 5) is 23.5. The molecule has 9 heteroatoms. The van der Waals surface area contributed by atoms with Gasteiger partial charge < -0.3 is 10.4 Å². The van der Waals surface area contributed by atoms with Gasteiger partial charge in [0.2, 0.25) is 5.91 Å². The number of aryl methyl sites for hydroxylation is 1. The van der Waals surface area contributed by atoms with Crippen molar-refractivity contribution in [1.29, 1.82) is 0 Å². The molecule has 1 atom stereocenters. The third-order valence-corrected chi connectivity index (χ3v) is 5.57. The number of amides is 1. The summed E-state index contributed by atoms with van der Waals surface area (Å²) in [5.41, 5.74) is 3.51. The van der Waals surface area contributed by atoms with Crippen LogP contribution in [0.1, 0.15) is 40.4 Å². The lowest BCUT2D eigenvalue weighted by atomic mass is 10.2. The van der Waals surface area contributed by atoms with Crippen molar-refractivity contribution >= 4 is 33.5 Å². The topological polar surface area (TPSA) is 102 Å². The Kier molecular flexibility index (Phi) is 5.64. The molecule has 0 aliphatic rings. The van der Waals surface area contributed by atoms with Crippen molar-refractivity contribution in [2.45, 2.75) is 33.4 Å². The molecular weight excluding hydrogens is 426 g/mol. The first-order chi connectivity index (χ1) is 13.3. The molecule has 3 rings (SSSR count). The molecule has 2 heterocycles. The highest BCUT2D eigenvalue weighted by Gasteiger charge is 2.18. The van der Waals surface area contributed by atoms with Gasteiger partial charge in [-0.2, -0.15) is 10.2 Å². The predicted octanol–water partition coefficient (Wildman–Crippen LogP) is 3.41. The zero-order chi connectivity index (χ0) is 20.4. The molecule has 0 radical (unpaired) electrons. The second-order valence-electron chi connectivity index (χ2n) is 6.49. The van der Waals surface area contributed by atoms with E-state index in [-0.39, 0.29) is 11.6 Å². The fourth-order valence-electron chi connectivity index (χ4n) is 2.78. The van der Waals surface area contributed by atoms with Crippen LogP contribution in [-0.2, 0) is 11.3 Å². The van der Waals surface area contributed by atoms with Crippen LogP contribution in [0.25, 0.3) is 0 Å². The summed E-state index contributed by atoms with van der Waals surface area (Å²) in [7, 11) is 0. The van der Waals surface area contributed by atoms with E-state index in [1.807, 2.05) is 36.7 Å². The molecule has 1 aromatic carbocycles. The summed E-state index contributed by atoms with van der Waals surface area (Å²) in [6, 6.07) is 8.24. The molecule has 0 aliphatic heterocycles. The molecule has 0 saturated carbocycles. The summed E-state index contributed by atoms with van der Waals surface area (Å²) in [6.07, 6.45) is 1.48. The molecule has 28 heavy (non-hydrogen) atoms. The molecule has 0 aliphatic carbocycles. The van der Waals surface area contributed by atoms with Gasteiger partial charge in [-0.15, -0.1) is 0 Å². The Morgan fingerprint density at radius 2 is 2.00 bits per heavy atom. The minimum atomic E-state index is -1.13. The number of rotatable bonds is 6. The van der Waals surface area contributed by atoms with Crippen LogP contribution in [-0.4, -0.2) is 36.5 Å². The van der Waals surface area contributed by atoms with Crippen molar-refractivity contribution in [3.05, 3.63) is 63.6 Å².